The standard InChI is InChI=1S/C29H33BrClN3O4S/c1-20-12-14-26(15-13-20)39(37,38)34(25-11-7-10-24(31)17-25)19-27(35)33(18-22-8-6-9-23(30)16-22)21(2)28(36)32-29(3,4)5/h6-17,21H,18-19H2,1-5H3,(H,32,36)/t21-/m1/s1. The number of carbonyl (C=O) groups excluding carboxylic acids is 2. The third kappa shape index (κ3) is 8.30. The SMILES string of the molecule is Cc1ccc(S(=O)(=O)N(CC(=O)N(Cc2cccc(Br)c2)[C@H](C)C(=O)NC(C)(C)C)c2cccc(Cl)c2)cc1. The molecule has 0 spiro atoms. The normalized spacial score (nSPS) is 12.5. The average Bonchev–Trinajstić information content (AvgIpc) is 2.84. The third-order valence-electron chi connectivity index (χ3n) is 5.89. The van der Waals surface area contributed by atoms with Crippen LogP contribution in [0.1, 0.15) is 38.8 Å². The fourth-order valence-corrected chi connectivity index (χ4v) is 5.92. The summed E-state index contributed by atoms with van der Waals surface area (Å²) < 4.78 is 29.5. The molecule has 39 heavy (non-hydrogen) atoms. The van der Waals surface area contributed by atoms with Crippen LogP contribution in [-0.2, 0) is 26.2 Å². The number of carbonyl (C=O) groups is 2. The third-order valence-corrected chi connectivity index (χ3v) is 8.41. The first-order valence-corrected chi connectivity index (χ1v) is 15.0. The summed E-state index contributed by atoms with van der Waals surface area (Å²) in [6.45, 7) is 8.63. The van der Waals surface area contributed by atoms with Gasteiger partial charge in [-0.3, -0.25) is 13.9 Å². The van der Waals surface area contributed by atoms with Gasteiger partial charge in [0.1, 0.15) is 12.6 Å². The molecule has 1 atom stereocenters. The summed E-state index contributed by atoms with van der Waals surface area (Å²) in [5, 5.41) is 3.24. The minimum absolute atomic E-state index is 0.0398. The van der Waals surface area contributed by atoms with Gasteiger partial charge >= 0.3 is 0 Å². The molecule has 0 aliphatic rings. The maximum absolute atomic E-state index is 13.9. The molecule has 1 N–H and O–H groups in total. The van der Waals surface area contributed by atoms with Crippen LogP contribution in [0, 0.1) is 6.92 Å². The van der Waals surface area contributed by atoms with Crippen LogP contribution in [-0.4, -0.2) is 43.3 Å². The van der Waals surface area contributed by atoms with E-state index in [1.165, 1.54) is 23.1 Å². The van der Waals surface area contributed by atoms with Crippen LogP contribution < -0.4 is 9.62 Å². The lowest BCUT2D eigenvalue weighted by atomic mass is 10.1. The number of aryl methyl sites for hydroxylation is 1. The van der Waals surface area contributed by atoms with Crippen LogP contribution in [0.2, 0.25) is 5.02 Å². The summed E-state index contributed by atoms with van der Waals surface area (Å²) in [7, 11) is -4.15. The molecule has 0 heterocycles. The van der Waals surface area contributed by atoms with Crippen molar-refractivity contribution in [2.24, 2.45) is 0 Å². The Morgan fingerprint density at radius 2 is 1.64 bits per heavy atom. The number of hydrogen-bond donors (Lipinski definition) is 1. The number of nitrogens with one attached hydrogen (secondary N) is 1. The maximum atomic E-state index is 13.9. The lowest BCUT2D eigenvalue weighted by Gasteiger charge is -2.33. The van der Waals surface area contributed by atoms with Crippen LogP contribution in [0.5, 0.6) is 0 Å². The number of benzene rings is 3. The molecule has 208 valence electrons. The van der Waals surface area contributed by atoms with E-state index >= 15 is 0 Å². The Morgan fingerprint density at radius 3 is 2.23 bits per heavy atom. The van der Waals surface area contributed by atoms with Gasteiger partial charge in [0.05, 0.1) is 10.6 Å². The second-order valence-corrected chi connectivity index (χ2v) is 13.6. The van der Waals surface area contributed by atoms with E-state index in [0.29, 0.717) is 5.02 Å². The first kappa shape index (κ1) is 30.7. The Hall–Kier alpha value is -2.88. The Labute approximate surface area is 244 Å². The second kappa shape index (κ2) is 12.5. The van der Waals surface area contributed by atoms with Crippen molar-refractivity contribution < 1.29 is 18.0 Å². The minimum atomic E-state index is -4.15. The summed E-state index contributed by atoms with van der Waals surface area (Å²) in [5.41, 5.74) is 1.41. The van der Waals surface area contributed by atoms with Crippen LogP contribution in [0.3, 0.4) is 0 Å². The summed E-state index contributed by atoms with van der Waals surface area (Å²) in [4.78, 5) is 28.5. The zero-order chi connectivity index (χ0) is 29.0. The quantitative estimate of drug-likeness (QED) is 0.316. The number of amides is 2. The van der Waals surface area contributed by atoms with Gasteiger partial charge in [0, 0.05) is 21.6 Å². The molecule has 0 radical (unpaired) electrons. The van der Waals surface area contributed by atoms with E-state index in [1.807, 2.05) is 52.0 Å². The van der Waals surface area contributed by atoms with Gasteiger partial charge in [0.2, 0.25) is 11.8 Å². The Morgan fingerprint density at radius 1 is 1.00 bits per heavy atom. The molecule has 0 unspecified atom stereocenters. The van der Waals surface area contributed by atoms with Gasteiger partial charge in [-0.1, -0.05) is 63.4 Å². The van der Waals surface area contributed by atoms with Crippen LogP contribution in [0.15, 0.2) is 82.2 Å². The van der Waals surface area contributed by atoms with Crippen molar-refractivity contribution in [1.82, 2.24) is 10.2 Å². The predicted molar refractivity (Wildman–Crippen MR) is 159 cm³/mol. The van der Waals surface area contributed by atoms with Gasteiger partial charge in [-0.15, -0.1) is 0 Å². The molecule has 3 rings (SSSR count). The molecular formula is C29H33BrClN3O4S. The van der Waals surface area contributed by atoms with Gasteiger partial charge in [-0.05, 0) is 82.6 Å². The largest absolute Gasteiger partial charge is 0.350 e. The van der Waals surface area contributed by atoms with Gasteiger partial charge in [-0.2, -0.15) is 0 Å². The number of halogens is 2. The topological polar surface area (TPSA) is 86.8 Å². The smallest absolute Gasteiger partial charge is 0.264 e. The van der Waals surface area contributed by atoms with Crippen molar-refractivity contribution in [1.29, 1.82) is 0 Å². The summed E-state index contributed by atoms with van der Waals surface area (Å²) in [6, 6.07) is 19.3. The molecule has 0 bridgehead atoms. The van der Waals surface area contributed by atoms with Crippen molar-refractivity contribution in [3.8, 4) is 0 Å². The Balaban J connectivity index is 2.04. The fraction of sp³-hybridized carbons (Fsp3) is 0.310. The van der Waals surface area contributed by atoms with Crippen molar-refractivity contribution in [3.63, 3.8) is 0 Å². The Bertz CT molecular complexity index is 1440. The molecule has 0 fully saturated rings. The van der Waals surface area contributed by atoms with E-state index in [4.69, 9.17) is 11.6 Å². The fourth-order valence-electron chi connectivity index (χ4n) is 3.89. The summed E-state index contributed by atoms with van der Waals surface area (Å²) in [5.74, 6) is -0.885. The van der Waals surface area contributed by atoms with E-state index in [-0.39, 0.29) is 23.0 Å². The number of sulfonamides is 1. The molecule has 3 aromatic carbocycles. The number of nitrogens with zero attached hydrogens (tertiary/aromatic N) is 2. The number of hydrogen-bond acceptors (Lipinski definition) is 4. The highest BCUT2D eigenvalue weighted by atomic mass is 79.9. The minimum Gasteiger partial charge on any atom is -0.350 e. The molecule has 0 saturated carbocycles. The first-order chi connectivity index (χ1) is 18.2. The molecule has 0 aliphatic heterocycles. The Kier molecular flexibility index (Phi) is 9.85. The molecular weight excluding hydrogens is 602 g/mol. The van der Waals surface area contributed by atoms with Gasteiger partial charge < -0.3 is 10.2 Å². The summed E-state index contributed by atoms with van der Waals surface area (Å²) in [6.07, 6.45) is 0. The van der Waals surface area contributed by atoms with Crippen molar-refractivity contribution in [2.75, 3.05) is 10.8 Å². The lowest BCUT2D eigenvalue weighted by molar-refractivity contribution is -0.140. The second-order valence-electron chi connectivity index (χ2n) is 10.4. The zero-order valence-corrected chi connectivity index (χ0v) is 25.8. The first-order valence-electron chi connectivity index (χ1n) is 12.4. The van der Waals surface area contributed by atoms with Crippen molar-refractivity contribution in [2.45, 2.75) is 57.6 Å². The molecule has 0 aromatic heterocycles. The van der Waals surface area contributed by atoms with E-state index in [0.717, 1.165) is 19.9 Å². The molecule has 10 heteroatoms. The maximum Gasteiger partial charge on any atom is 0.264 e. The molecule has 0 aliphatic carbocycles. The monoisotopic (exact) mass is 633 g/mol. The van der Waals surface area contributed by atoms with Gasteiger partial charge in [0.15, 0.2) is 0 Å². The molecule has 2 amide bonds. The van der Waals surface area contributed by atoms with E-state index < -0.39 is 34.1 Å². The van der Waals surface area contributed by atoms with Crippen molar-refractivity contribution in [3.05, 3.63) is 93.4 Å². The molecule has 7 nitrogen and oxygen atoms in total. The molecule has 3 aromatic rings. The van der Waals surface area contributed by atoms with Crippen LogP contribution in [0.25, 0.3) is 0 Å². The van der Waals surface area contributed by atoms with Gasteiger partial charge in [0.25, 0.3) is 10.0 Å². The van der Waals surface area contributed by atoms with Crippen LogP contribution in [0.4, 0.5) is 5.69 Å². The number of rotatable bonds is 9. The van der Waals surface area contributed by atoms with Crippen LogP contribution >= 0.6 is 27.5 Å². The van der Waals surface area contributed by atoms with E-state index in [1.54, 1.807) is 37.3 Å². The molecule has 0 saturated heterocycles. The van der Waals surface area contributed by atoms with E-state index in [2.05, 4.69) is 21.2 Å². The number of anilines is 1. The van der Waals surface area contributed by atoms with E-state index in [9.17, 15) is 18.0 Å². The highest BCUT2D eigenvalue weighted by molar-refractivity contribution is 9.10. The summed E-state index contributed by atoms with van der Waals surface area (Å²) >= 11 is 9.65. The van der Waals surface area contributed by atoms with Gasteiger partial charge in [-0.25, -0.2) is 8.42 Å². The highest BCUT2D eigenvalue weighted by Crippen LogP contribution is 2.27. The zero-order valence-electron chi connectivity index (χ0n) is 22.6. The lowest BCUT2D eigenvalue weighted by Crippen LogP contribution is -2.54. The highest BCUT2D eigenvalue weighted by Gasteiger charge is 2.33. The van der Waals surface area contributed by atoms with Crippen molar-refractivity contribution >= 4 is 55.1 Å². The predicted octanol–water partition coefficient (Wildman–Crippen LogP) is 5.94. The average molecular weight is 635 g/mol.